The number of esters is 1. The Morgan fingerprint density at radius 2 is 1.77 bits per heavy atom. The molecular formula is C26H36O4. The first-order valence-electron chi connectivity index (χ1n) is 12.1. The summed E-state index contributed by atoms with van der Waals surface area (Å²) in [5, 5.41) is 0. The fourth-order valence-electron chi connectivity index (χ4n) is 8.62. The maximum Gasteiger partial charge on any atom is 0.335 e. The monoisotopic (exact) mass is 412 g/mol. The number of carbonyl (C=O) groups excluding carboxylic acids is 1. The molecule has 1 aromatic rings. The quantitative estimate of drug-likeness (QED) is 0.585. The van der Waals surface area contributed by atoms with E-state index in [9.17, 15) is 9.59 Å². The molecule has 1 heterocycles. The van der Waals surface area contributed by atoms with Gasteiger partial charge in [-0.1, -0.05) is 19.9 Å². The minimum absolute atomic E-state index is 0.128. The molecule has 5 rings (SSSR count). The zero-order valence-electron chi connectivity index (χ0n) is 18.7. The molecule has 4 aliphatic rings. The largest absolute Gasteiger partial charge is 0.463 e. The average molecular weight is 413 g/mol. The molecule has 4 aliphatic carbocycles. The van der Waals surface area contributed by atoms with Crippen molar-refractivity contribution < 1.29 is 13.9 Å². The standard InChI is InChI=1S/C26H36O4/c1-16(27)29-18-11-13-25(2)17(15-18)7-8-19-20-9-10-22(23-5-4-6-24(28)30-23)26(20,3)14-12-21(19)25/h4-6,17-22H,7-15H2,1-3H3/t17-,18-,19+,20+,21+,22-,25+,26+/m1/s1. The van der Waals surface area contributed by atoms with Gasteiger partial charge in [0.05, 0.1) is 0 Å². The highest BCUT2D eigenvalue weighted by molar-refractivity contribution is 5.66. The summed E-state index contributed by atoms with van der Waals surface area (Å²) in [5.41, 5.74) is 0.417. The van der Waals surface area contributed by atoms with Gasteiger partial charge in [0.25, 0.3) is 0 Å². The minimum Gasteiger partial charge on any atom is -0.463 e. The summed E-state index contributed by atoms with van der Waals surface area (Å²) in [7, 11) is 0. The Morgan fingerprint density at radius 1 is 1.00 bits per heavy atom. The molecule has 4 heteroatoms. The van der Waals surface area contributed by atoms with Gasteiger partial charge in [-0.05, 0) is 98.4 Å². The summed E-state index contributed by atoms with van der Waals surface area (Å²) >= 11 is 0. The van der Waals surface area contributed by atoms with Gasteiger partial charge in [0.15, 0.2) is 0 Å². The molecule has 164 valence electrons. The van der Waals surface area contributed by atoms with Crippen molar-refractivity contribution in [1.82, 2.24) is 0 Å². The van der Waals surface area contributed by atoms with Gasteiger partial charge in [0.1, 0.15) is 11.9 Å². The molecule has 0 saturated heterocycles. The Morgan fingerprint density at radius 3 is 2.53 bits per heavy atom. The first-order chi connectivity index (χ1) is 14.3. The minimum atomic E-state index is -0.217. The Kier molecular flexibility index (Phi) is 4.91. The van der Waals surface area contributed by atoms with Crippen molar-refractivity contribution in [3.63, 3.8) is 0 Å². The van der Waals surface area contributed by atoms with E-state index in [-0.39, 0.29) is 23.1 Å². The summed E-state index contributed by atoms with van der Waals surface area (Å²) in [5.74, 6) is 4.15. The van der Waals surface area contributed by atoms with Crippen molar-refractivity contribution in [3.8, 4) is 0 Å². The molecule has 0 aromatic carbocycles. The van der Waals surface area contributed by atoms with E-state index >= 15 is 0 Å². The van der Waals surface area contributed by atoms with Crippen LogP contribution in [0.3, 0.4) is 0 Å². The fraction of sp³-hybridized carbons (Fsp3) is 0.769. The topological polar surface area (TPSA) is 56.5 Å². The van der Waals surface area contributed by atoms with E-state index in [1.165, 1.54) is 51.5 Å². The van der Waals surface area contributed by atoms with Crippen molar-refractivity contribution in [2.45, 2.75) is 90.6 Å². The molecule has 4 nitrogen and oxygen atoms in total. The van der Waals surface area contributed by atoms with Crippen LogP contribution in [0, 0.1) is 34.5 Å². The second kappa shape index (κ2) is 7.24. The second-order valence-corrected chi connectivity index (χ2v) is 11.2. The SMILES string of the molecule is CC(=O)O[C@@H]1CC[C@@]2(C)[C@H](CC[C@@H]3[C@@H]2CC[C@]2(C)[C@@H](c4cccc(=O)o4)CC[C@@H]32)C1. The van der Waals surface area contributed by atoms with E-state index in [4.69, 9.17) is 9.15 Å². The lowest BCUT2D eigenvalue weighted by Gasteiger charge is -2.61. The van der Waals surface area contributed by atoms with Gasteiger partial charge in [-0.25, -0.2) is 4.79 Å². The van der Waals surface area contributed by atoms with E-state index in [1.807, 2.05) is 12.1 Å². The lowest BCUT2D eigenvalue weighted by molar-refractivity contribution is -0.159. The summed E-state index contributed by atoms with van der Waals surface area (Å²) in [4.78, 5) is 23.3. The number of ether oxygens (including phenoxy) is 1. The number of hydrogen-bond acceptors (Lipinski definition) is 4. The van der Waals surface area contributed by atoms with Crippen LogP contribution in [-0.2, 0) is 9.53 Å². The zero-order chi connectivity index (χ0) is 21.1. The molecule has 0 aliphatic heterocycles. The Balaban J connectivity index is 1.37. The van der Waals surface area contributed by atoms with Gasteiger partial charge >= 0.3 is 11.6 Å². The molecule has 1 aromatic heterocycles. The van der Waals surface area contributed by atoms with Gasteiger partial charge in [0, 0.05) is 18.9 Å². The van der Waals surface area contributed by atoms with Crippen LogP contribution >= 0.6 is 0 Å². The van der Waals surface area contributed by atoms with Crippen LogP contribution in [0.1, 0.15) is 90.2 Å². The van der Waals surface area contributed by atoms with Crippen molar-refractivity contribution in [2.24, 2.45) is 34.5 Å². The maximum absolute atomic E-state index is 11.8. The molecule has 8 atom stereocenters. The highest BCUT2D eigenvalue weighted by Gasteiger charge is 2.60. The third kappa shape index (κ3) is 3.08. The van der Waals surface area contributed by atoms with Crippen LogP contribution in [0.4, 0.5) is 0 Å². The van der Waals surface area contributed by atoms with E-state index in [0.717, 1.165) is 42.8 Å². The van der Waals surface area contributed by atoms with Gasteiger partial charge in [-0.15, -0.1) is 0 Å². The normalized spacial score (nSPS) is 45.2. The highest BCUT2D eigenvalue weighted by atomic mass is 16.5. The molecule has 0 bridgehead atoms. The predicted octanol–water partition coefficient (Wildman–Crippen LogP) is 5.70. The summed E-state index contributed by atoms with van der Waals surface area (Å²) in [6.07, 6.45) is 10.9. The lowest BCUT2D eigenvalue weighted by atomic mass is 9.44. The summed E-state index contributed by atoms with van der Waals surface area (Å²) in [6.45, 7) is 6.56. The van der Waals surface area contributed by atoms with Gasteiger partial charge in [0.2, 0.25) is 0 Å². The smallest absolute Gasteiger partial charge is 0.335 e. The van der Waals surface area contributed by atoms with E-state index in [1.54, 1.807) is 0 Å². The third-order valence-electron chi connectivity index (χ3n) is 10.0. The summed E-state index contributed by atoms with van der Waals surface area (Å²) in [6, 6.07) is 5.40. The van der Waals surface area contributed by atoms with Crippen molar-refractivity contribution >= 4 is 5.97 Å². The maximum atomic E-state index is 11.8. The van der Waals surface area contributed by atoms with Crippen LogP contribution in [-0.4, -0.2) is 12.1 Å². The Hall–Kier alpha value is -1.58. The van der Waals surface area contributed by atoms with Crippen LogP contribution < -0.4 is 5.63 Å². The lowest BCUT2D eigenvalue weighted by Crippen LogP contribution is -2.54. The number of rotatable bonds is 2. The molecule has 0 spiro atoms. The van der Waals surface area contributed by atoms with E-state index in [0.29, 0.717) is 17.3 Å². The number of carbonyl (C=O) groups is 1. The number of hydrogen-bond donors (Lipinski definition) is 0. The molecule has 30 heavy (non-hydrogen) atoms. The molecule has 4 fully saturated rings. The molecule has 0 radical (unpaired) electrons. The Bertz CT molecular complexity index is 874. The first-order valence-corrected chi connectivity index (χ1v) is 12.1. The van der Waals surface area contributed by atoms with Crippen molar-refractivity contribution in [1.29, 1.82) is 0 Å². The van der Waals surface area contributed by atoms with Crippen LogP contribution in [0.25, 0.3) is 0 Å². The molecule has 0 unspecified atom stereocenters. The summed E-state index contributed by atoms with van der Waals surface area (Å²) < 4.78 is 11.3. The average Bonchev–Trinajstić information content (AvgIpc) is 3.05. The second-order valence-electron chi connectivity index (χ2n) is 11.2. The fourth-order valence-corrected chi connectivity index (χ4v) is 8.62. The zero-order valence-corrected chi connectivity index (χ0v) is 18.7. The third-order valence-corrected chi connectivity index (χ3v) is 10.0. The molecular weight excluding hydrogens is 376 g/mol. The van der Waals surface area contributed by atoms with Crippen LogP contribution in [0.15, 0.2) is 27.4 Å². The van der Waals surface area contributed by atoms with E-state index in [2.05, 4.69) is 13.8 Å². The highest BCUT2D eigenvalue weighted by Crippen LogP contribution is 2.69. The Labute approximate surface area is 179 Å². The van der Waals surface area contributed by atoms with Crippen LogP contribution in [0.5, 0.6) is 0 Å². The van der Waals surface area contributed by atoms with Gasteiger partial charge in [-0.2, -0.15) is 0 Å². The van der Waals surface area contributed by atoms with Gasteiger partial charge < -0.3 is 9.15 Å². The molecule has 0 N–H and O–H groups in total. The first kappa shape index (κ1) is 20.3. The van der Waals surface area contributed by atoms with Crippen molar-refractivity contribution in [2.75, 3.05) is 0 Å². The van der Waals surface area contributed by atoms with E-state index < -0.39 is 0 Å². The van der Waals surface area contributed by atoms with Crippen LogP contribution in [0.2, 0.25) is 0 Å². The van der Waals surface area contributed by atoms with Crippen molar-refractivity contribution in [3.05, 3.63) is 34.4 Å². The predicted molar refractivity (Wildman–Crippen MR) is 115 cm³/mol. The number of fused-ring (bicyclic) bond motifs is 5. The van der Waals surface area contributed by atoms with Gasteiger partial charge in [-0.3, -0.25) is 4.79 Å². The molecule has 0 amide bonds. The molecule has 4 saturated carbocycles.